The molecule has 0 aliphatic heterocycles. The molecule has 0 aliphatic rings. The van der Waals surface area contributed by atoms with Crippen molar-refractivity contribution >= 4 is 16.9 Å². The third-order valence-corrected chi connectivity index (χ3v) is 2.55. The molecular weight excluding hydrogens is 214 g/mol. The van der Waals surface area contributed by atoms with Crippen molar-refractivity contribution in [3.63, 3.8) is 0 Å². The highest BCUT2D eigenvalue weighted by atomic mass is 16.3. The molecule has 3 aromatic rings. The Balaban J connectivity index is 2.14. The molecule has 4 heteroatoms. The molecule has 17 heavy (non-hydrogen) atoms. The quantitative estimate of drug-likeness (QED) is 0.647. The summed E-state index contributed by atoms with van der Waals surface area (Å²) in [7, 11) is 0. The summed E-state index contributed by atoms with van der Waals surface area (Å²) in [6.45, 7) is 1.93. The van der Waals surface area contributed by atoms with Crippen LogP contribution in [0.5, 0.6) is 0 Å². The van der Waals surface area contributed by atoms with Gasteiger partial charge in [0.1, 0.15) is 0 Å². The Bertz CT molecular complexity index is 671. The highest BCUT2D eigenvalue weighted by molar-refractivity contribution is 5.72. The lowest BCUT2D eigenvalue weighted by Gasteiger charge is -1.95. The van der Waals surface area contributed by atoms with E-state index in [4.69, 9.17) is 10.2 Å². The Morgan fingerprint density at radius 1 is 1.00 bits per heavy atom. The molecule has 0 amide bonds. The number of aryl methyl sites for hydroxylation is 1. The number of pyridine rings is 1. The summed E-state index contributed by atoms with van der Waals surface area (Å²) in [5.41, 5.74) is 9.51. The van der Waals surface area contributed by atoms with Crippen molar-refractivity contribution in [2.45, 2.75) is 6.92 Å². The molecule has 3 rings (SSSR count). The van der Waals surface area contributed by atoms with E-state index in [0.717, 1.165) is 16.9 Å². The topological polar surface area (TPSA) is 64.9 Å². The summed E-state index contributed by atoms with van der Waals surface area (Å²) in [6.07, 6.45) is 0. The van der Waals surface area contributed by atoms with Gasteiger partial charge in [-0.1, -0.05) is 0 Å². The lowest BCUT2D eigenvalue weighted by Crippen LogP contribution is -1.84. The van der Waals surface area contributed by atoms with Gasteiger partial charge in [-0.2, -0.15) is 4.98 Å². The number of aromatic nitrogens is 2. The van der Waals surface area contributed by atoms with Gasteiger partial charge in [-0.25, -0.2) is 4.98 Å². The van der Waals surface area contributed by atoms with Crippen molar-refractivity contribution in [1.29, 1.82) is 0 Å². The molecule has 84 valence electrons. The molecule has 2 N–H and O–H groups in total. The molecule has 0 saturated heterocycles. The van der Waals surface area contributed by atoms with Gasteiger partial charge >= 0.3 is 0 Å². The number of nitrogen functional groups attached to an aromatic ring is 1. The van der Waals surface area contributed by atoms with Crippen molar-refractivity contribution < 1.29 is 4.42 Å². The SMILES string of the molecule is Cc1ccc2oc(-c3ccc(N)cc3)nc2n1. The Morgan fingerprint density at radius 3 is 2.53 bits per heavy atom. The first-order chi connectivity index (χ1) is 8.22. The van der Waals surface area contributed by atoms with Crippen LogP contribution in [0.4, 0.5) is 5.69 Å². The fourth-order valence-electron chi connectivity index (χ4n) is 1.66. The summed E-state index contributed by atoms with van der Waals surface area (Å²) in [6, 6.07) is 11.2. The lowest BCUT2D eigenvalue weighted by molar-refractivity contribution is 0.619. The van der Waals surface area contributed by atoms with Gasteiger partial charge in [0, 0.05) is 16.9 Å². The number of benzene rings is 1. The van der Waals surface area contributed by atoms with Crippen molar-refractivity contribution in [2.24, 2.45) is 0 Å². The average molecular weight is 225 g/mol. The zero-order valence-corrected chi connectivity index (χ0v) is 9.34. The van der Waals surface area contributed by atoms with Gasteiger partial charge in [-0.15, -0.1) is 0 Å². The second-order valence-corrected chi connectivity index (χ2v) is 3.92. The maximum Gasteiger partial charge on any atom is 0.228 e. The third kappa shape index (κ3) is 1.73. The summed E-state index contributed by atoms with van der Waals surface area (Å²) in [5.74, 6) is 0.568. The van der Waals surface area contributed by atoms with E-state index < -0.39 is 0 Å². The summed E-state index contributed by atoms with van der Waals surface area (Å²) in [5, 5.41) is 0. The number of hydrogen-bond acceptors (Lipinski definition) is 4. The molecule has 0 spiro atoms. The fourth-order valence-corrected chi connectivity index (χ4v) is 1.66. The van der Waals surface area contributed by atoms with Gasteiger partial charge in [0.15, 0.2) is 11.2 Å². The third-order valence-electron chi connectivity index (χ3n) is 2.55. The minimum atomic E-state index is 0.568. The van der Waals surface area contributed by atoms with Crippen LogP contribution in [0.3, 0.4) is 0 Å². The van der Waals surface area contributed by atoms with Crippen LogP contribution >= 0.6 is 0 Å². The summed E-state index contributed by atoms with van der Waals surface area (Å²) in [4.78, 5) is 8.66. The molecule has 1 aromatic carbocycles. The zero-order chi connectivity index (χ0) is 11.8. The number of hydrogen-bond donors (Lipinski definition) is 1. The van der Waals surface area contributed by atoms with Gasteiger partial charge in [0.2, 0.25) is 5.89 Å². The highest BCUT2D eigenvalue weighted by Crippen LogP contribution is 2.23. The van der Waals surface area contributed by atoms with Gasteiger partial charge < -0.3 is 10.2 Å². The van der Waals surface area contributed by atoms with Gasteiger partial charge in [0.25, 0.3) is 0 Å². The van der Waals surface area contributed by atoms with Gasteiger partial charge in [-0.3, -0.25) is 0 Å². The highest BCUT2D eigenvalue weighted by Gasteiger charge is 2.08. The Morgan fingerprint density at radius 2 is 1.76 bits per heavy atom. The van der Waals surface area contributed by atoms with Crippen LogP contribution in [-0.4, -0.2) is 9.97 Å². The van der Waals surface area contributed by atoms with Crippen LogP contribution in [0, 0.1) is 6.92 Å². The molecule has 2 aromatic heterocycles. The second-order valence-electron chi connectivity index (χ2n) is 3.92. The molecule has 0 saturated carbocycles. The summed E-state index contributed by atoms with van der Waals surface area (Å²) < 4.78 is 5.63. The number of nitrogens with zero attached hydrogens (tertiary/aromatic N) is 2. The average Bonchev–Trinajstić information content (AvgIpc) is 2.72. The molecule has 0 bridgehead atoms. The number of anilines is 1. The minimum Gasteiger partial charge on any atom is -0.434 e. The molecule has 4 nitrogen and oxygen atoms in total. The Hall–Kier alpha value is -2.36. The van der Waals surface area contributed by atoms with E-state index in [9.17, 15) is 0 Å². The van der Waals surface area contributed by atoms with Gasteiger partial charge in [-0.05, 0) is 43.3 Å². The molecule has 0 unspecified atom stereocenters. The van der Waals surface area contributed by atoms with Crippen LogP contribution < -0.4 is 5.73 Å². The van der Waals surface area contributed by atoms with Gasteiger partial charge in [0.05, 0.1) is 0 Å². The molecule has 0 fully saturated rings. The Labute approximate surface area is 98.1 Å². The zero-order valence-electron chi connectivity index (χ0n) is 9.34. The van der Waals surface area contributed by atoms with E-state index in [1.54, 1.807) is 0 Å². The predicted molar refractivity (Wildman–Crippen MR) is 66.4 cm³/mol. The normalized spacial score (nSPS) is 10.9. The largest absolute Gasteiger partial charge is 0.434 e. The first kappa shape index (κ1) is 9.84. The smallest absolute Gasteiger partial charge is 0.228 e. The summed E-state index contributed by atoms with van der Waals surface area (Å²) >= 11 is 0. The van der Waals surface area contributed by atoms with E-state index >= 15 is 0 Å². The fraction of sp³-hybridized carbons (Fsp3) is 0.0769. The van der Waals surface area contributed by atoms with E-state index in [-0.39, 0.29) is 0 Å². The Kier molecular flexibility index (Phi) is 2.08. The van der Waals surface area contributed by atoms with E-state index in [1.165, 1.54) is 0 Å². The molecule has 0 aliphatic carbocycles. The van der Waals surface area contributed by atoms with Crippen LogP contribution in [0.25, 0.3) is 22.7 Å². The maximum absolute atomic E-state index is 5.64. The van der Waals surface area contributed by atoms with Crippen molar-refractivity contribution in [2.75, 3.05) is 5.73 Å². The molecule has 2 heterocycles. The van der Waals surface area contributed by atoms with E-state index in [1.807, 2.05) is 43.3 Å². The second kappa shape index (κ2) is 3.59. The van der Waals surface area contributed by atoms with Crippen LogP contribution in [0.1, 0.15) is 5.69 Å². The first-order valence-electron chi connectivity index (χ1n) is 5.32. The van der Waals surface area contributed by atoms with Crippen LogP contribution in [-0.2, 0) is 0 Å². The van der Waals surface area contributed by atoms with Crippen molar-refractivity contribution in [3.05, 3.63) is 42.1 Å². The number of nitrogens with two attached hydrogens (primary N) is 1. The standard InChI is InChI=1S/C13H11N3O/c1-8-2-7-11-12(15-8)16-13(17-11)9-3-5-10(14)6-4-9/h2-7H,14H2,1H3. The molecule has 0 radical (unpaired) electrons. The van der Waals surface area contributed by atoms with Crippen LogP contribution in [0.15, 0.2) is 40.8 Å². The molecule has 0 atom stereocenters. The number of oxazole rings is 1. The first-order valence-corrected chi connectivity index (χ1v) is 5.32. The minimum absolute atomic E-state index is 0.568. The number of rotatable bonds is 1. The lowest BCUT2D eigenvalue weighted by atomic mass is 10.2. The molecular formula is C13H11N3O. The maximum atomic E-state index is 5.64. The van der Waals surface area contributed by atoms with Crippen LogP contribution in [0.2, 0.25) is 0 Å². The number of fused-ring (bicyclic) bond motifs is 1. The van der Waals surface area contributed by atoms with E-state index in [2.05, 4.69) is 9.97 Å². The predicted octanol–water partition coefficient (Wildman–Crippen LogP) is 2.78. The monoisotopic (exact) mass is 225 g/mol. The van der Waals surface area contributed by atoms with Crippen molar-refractivity contribution in [1.82, 2.24) is 9.97 Å². The van der Waals surface area contributed by atoms with Crippen molar-refractivity contribution in [3.8, 4) is 11.5 Å². The van der Waals surface area contributed by atoms with E-state index in [0.29, 0.717) is 17.1 Å².